The summed E-state index contributed by atoms with van der Waals surface area (Å²) in [5, 5.41) is 0. The number of hydrogen-bond donors (Lipinski definition) is 1. The van der Waals surface area contributed by atoms with Crippen molar-refractivity contribution in [3.05, 3.63) is 35.6 Å². The quantitative estimate of drug-likeness (QED) is 0.799. The van der Waals surface area contributed by atoms with Gasteiger partial charge in [-0.3, -0.25) is 9.63 Å². The van der Waals surface area contributed by atoms with Crippen LogP contribution in [0.3, 0.4) is 0 Å². The van der Waals surface area contributed by atoms with E-state index in [2.05, 4.69) is 5.48 Å². The van der Waals surface area contributed by atoms with Crippen LogP contribution in [0.2, 0.25) is 0 Å². The molecular weight excluding hydrogens is 209 g/mol. The van der Waals surface area contributed by atoms with Gasteiger partial charge in [0.1, 0.15) is 5.82 Å². The van der Waals surface area contributed by atoms with Crippen LogP contribution < -0.4 is 5.48 Å². The van der Waals surface area contributed by atoms with Gasteiger partial charge in [-0.15, -0.1) is 0 Å². The molecule has 0 radical (unpaired) electrons. The number of hydrogen-bond acceptors (Lipinski definition) is 2. The van der Waals surface area contributed by atoms with Crippen molar-refractivity contribution in [2.45, 2.75) is 31.8 Å². The molecule has 3 nitrogen and oxygen atoms in total. The van der Waals surface area contributed by atoms with Crippen molar-refractivity contribution in [1.82, 2.24) is 5.48 Å². The molecule has 86 valence electrons. The van der Waals surface area contributed by atoms with Crippen molar-refractivity contribution in [3.63, 3.8) is 0 Å². The van der Waals surface area contributed by atoms with Crippen LogP contribution in [0.5, 0.6) is 0 Å². The fourth-order valence-corrected chi connectivity index (χ4v) is 1.83. The van der Waals surface area contributed by atoms with Gasteiger partial charge in [0.2, 0.25) is 0 Å². The summed E-state index contributed by atoms with van der Waals surface area (Å²) >= 11 is 0. The molecule has 16 heavy (non-hydrogen) atoms. The third-order valence-electron chi connectivity index (χ3n) is 2.71. The molecule has 0 aromatic heterocycles. The summed E-state index contributed by atoms with van der Waals surface area (Å²) in [5.41, 5.74) is 2.64. The second kappa shape index (κ2) is 5.07. The van der Waals surface area contributed by atoms with Crippen LogP contribution >= 0.6 is 0 Å². The third-order valence-corrected chi connectivity index (χ3v) is 2.71. The molecule has 0 atom stereocenters. The molecule has 1 aromatic rings. The standard InChI is InChI=1S/C12H14FNO2/c13-10-5-3-4-9(8-10)12(15)14-16-11-6-1-2-7-11/h3-5,8,11H,1-2,6-7H2,(H,14,15). The maximum absolute atomic E-state index is 12.8. The van der Waals surface area contributed by atoms with Gasteiger partial charge in [0.15, 0.2) is 0 Å². The number of carbonyl (C=O) groups is 1. The summed E-state index contributed by atoms with van der Waals surface area (Å²) in [6.45, 7) is 0. The second-order valence-corrected chi connectivity index (χ2v) is 3.97. The van der Waals surface area contributed by atoms with Crippen molar-refractivity contribution in [2.75, 3.05) is 0 Å². The van der Waals surface area contributed by atoms with Gasteiger partial charge in [0, 0.05) is 5.56 Å². The topological polar surface area (TPSA) is 38.3 Å². The molecule has 1 aromatic carbocycles. The molecule has 0 unspecified atom stereocenters. The molecule has 1 amide bonds. The summed E-state index contributed by atoms with van der Waals surface area (Å²) in [6.07, 6.45) is 4.34. The molecule has 1 aliphatic rings. The minimum Gasteiger partial charge on any atom is -0.270 e. The van der Waals surface area contributed by atoms with E-state index in [-0.39, 0.29) is 11.7 Å². The maximum atomic E-state index is 12.8. The Morgan fingerprint density at radius 1 is 1.38 bits per heavy atom. The zero-order chi connectivity index (χ0) is 11.4. The van der Waals surface area contributed by atoms with Crippen LogP contribution in [0, 0.1) is 5.82 Å². The van der Waals surface area contributed by atoms with Crippen LogP contribution in [0.4, 0.5) is 4.39 Å². The van der Waals surface area contributed by atoms with Crippen molar-refractivity contribution in [1.29, 1.82) is 0 Å². The highest BCUT2D eigenvalue weighted by Crippen LogP contribution is 2.19. The number of carbonyl (C=O) groups excluding carboxylic acids is 1. The number of nitrogens with one attached hydrogen (secondary N) is 1. The highest BCUT2D eigenvalue weighted by Gasteiger charge is 2.17. The number of hydroxylamine groups is 1. The molecule has 1 saturated carbocycles. The van der Waals surface area contributed by atoms with Gasteiger partial charge in [0.25, 0.3) is 5.91 Å². The normalized spacial score (nSPS) is 16.3. The molecular formula is C12H14FNO2. The van der Waals surface area contributed by atoms with Gasteiger partial charge in [-0.25, -0.2) is 9.87 Å². The monoisotopic (exact) mass is 223 g/mol. The second-order valence-electron chi connectivity index (χ2n) is 3.97. The van der Waals surface area contributed by atoms with E-state index < -0.39 is 11.7 Å². The van der Waals surface area contributed by atoms with Crippen LogP contribution in [-0.2, 0) is 4.84 Å². The number of halogens is 1. The first-order chi connectivity index (χ1) is 7.75. The van der Waals surface area contributed by atoms with Gasteiger partial charge in [-0.05, 0) is 31.0 Å². The Morgan fingerprint density at radius 3 is 2.81 bits per heavy atom. The van der Waals surface area contributed by atoms with E-state index in [9.17, 15) is 9.18 Å². The highest BCUT2D eigenvalue weighted by molar-refractivity contribution is 5.93. The molecule has 0 heterocycles. The largest absolute Gasteiger partial charge is 0.274 e. The van der Waals surface area contributed by atoms with Gasteiger partial charge < -0.3 is 0 Å². The van der Waals surface area contributed by atoms with Crippen LogP contribution in [-0.4, -0.2) is 12.0 Å². The maximum Gasteiger partial charge on any atom is 0.274 e. The van der Waals surface area contributed by atoms with Gasteiger partial charge in [0.05, 0.1) is 6.10 Å². The first-order valence-corrected chi connectivity index (χ1v) is 5.47. The van der Waals surface area contributed by atoms with Crippen molar-refractivity contribution in [3.8, 4) is 0 Å². The number of rotatable bonds is 3. The molecule has 0 saturated heterocycles. The highest BCUT2D eigenvalue weighted by atomic mass is 19.1. The molecule has 0 aliphatic heterocycles. The Kier molecular flexibility index (Phi) is 3.51. The van der Waals surface area contributed by atoms with Crippen molar-refractivity contribution < 1.29 is 14.0 Å². The summed E-state index contributed by atoms with van der Waals surface area (Å²) in [7, 11) is 0. The first kappa shape index (κ1) is 11.1. The lowest BCUT2D eigenvalue weighted by atomic mass is 10.2. The summed E-state index contributed by atoms with van der Waals surface area (Å²) in [5.74, 6) is -0.820. The van der Waals surface area contributed by atoms with Gasteiger partial charge >= 0.3 is 0 Å². The van der Waals surface area contributed by atoms with Crippen molar-refractivity contribution >= 4 is 5.91 Å². The average molecular weight is 223 g/mol. The molecule has 1 fully saturated rings. The molecule has 4 heteroatoms. The fraction of sp³-hybridized carbons (Fsp3) is 0.417. The molecule has 1 N–H and O–H groups in total. The van der Waals surface area contributed by atoms with E-state index in [1.54, 1.807) is 6.07 Å². The van der Waals surface area contributed by atoms with E-state index in [4.69, 9.17) is 4.84 Å². The Balaban J connectivity index is 1.87. The van der Waals surface area contributed by atoms with Crippen LogP contribution in [0.1, 0.15) is 36.0 Å². The molecule has 1 aliphatic carbocycles. The zero-order valence-electron chi connectivity index (χ0n) is 8.91. The lowest BCUT2D eigenvalue weighted by molar-refractivity contribution is -0.0125. The zero-order valence-corrected chi connectivity index (χ0v) is 8.91. The van der Waals surface area contributed by atoms with Crippen LogP contribution in [0.25, 0.3) is 0 Å². The Morgan fingerprint density at radius 2 is 2.12 bits per heavy atom. The molecule has 2 rings (SSSR count). The lowest BCUT2D eigenvalue weighted by Gasteiger charge is -2.11. The fourth-order valence-electron chi connectivity index (χ4n) is 1.83. The number of amides is 1. The van der Waals surface area contributed by atoms with Crippen LogP contribution in [0.15, 0.2) is 24.3 Å². The SMILES string of the molecule is O=C(NOC1CCCC1)c1cccc(F)c1. The molecule has 0 bridgehead atoms. The predicted octanol–water partition coefficient (Wildman–Crippen LogP) is 2.43. The third kappa shape index (κ3) is 2.79. The molecule has 0 spiro atoms. The van der Waals surface area contributed by atoms with E-state index in [1.165, 1.54) is 18.2 Å². The lowest BCUT2D eigenvalue weighted by Crippen LogP contribution is -2.28. The Hall–Kier alpha value is -1.42. The summed E-state index contributed by atoms with van der Waals surface area (Å²) < 4.78 is 12.8. The first-order valence-electron chi connectivity index (χ1n) is 5.47. The Bertz CT molecular complexity index is 375. The van der Waals surface area contributed by atoms with Gasteiger partial charge in [-0.2, -0.15) is 0 Å². The minimum absolute atomic E-state index is 0.109. The predicted molar refractivity (Wildman–Crippen MR) is 57.2 cm³/mol. The minimum atomic E-state index is -0.423. The summed E-state index contributed by atoms with van der Waals surface area (Å²) in [6, 6.07) is 5.54. The van der Waals surface area contributed by atoms with E-state index in [0.29, 0.717) is 0 Å². The average Bonchev–Trinajstić information content (AvgIpc) is 2.78. The summed E-state index contributed by atoms with van der Waals surface area (Å²) in [4.78, 5) is 16.8. The number of benzene rings is 1. The Labute approximate surface area is 93.6 Å². The van der Waals surface area contributed by atoms with E-state index in [1.807, 2.05) is 0 Å². The smallest absolute Gasteiger partial charge is 0.270 e. The van der Waals surface area contributed by atoms with Crippen molar-refractivity contribution in [2.24, 2.45) is 0 Å². The van der Waals surface area contributed by atoms with Gasteiger partial charge in [-0.1, -0.05) is 18.9 Å². The van der Waals surface area contributed by atoms with E-state index in [0.717, 1.165) is 25.7 Å². The van der Waals surface area contributed by atoms with E-state index >= 15 is 0 Å².